The predicted molar refractivity (Wildman–Crippen MR) is 116 cm³/mol. The average molecular weight is 415 g/mol. The molecule has 0 aliphatic carbocycles. The van der Waals surface area contributed by atoms with Crippen LogP contribution in [-0.4, -0.2) is 52.5 Å². The summed E-state index contributed by atoms with van der Waals surface area (Å²) in [7, 11) is 1.66. The number of benzene rings is 1. The third-order valence-corrected chi connectivity index (χ3v) is 4.71. The van der Waals surface area contributed by atoms with Crippen molar-refractivity contribution < 1.29 is 14.3 Å². The van der Waals surface area contributed by atoms with Gasteiger partial charge in [0.2, 0.25) is 5.65 Å². The fourth-order valence-electron chi connectivity index (χ4n) is 3.18. The Hall–Kier alpha value is -3.10. The van der Waals surface area contributed by atoms with Crippen molar-refractivity contribution in [1.29, 1.82) is 0 Å². The molecule has 0 aliphatic heterocycles. The molecule has 0 aliphatic rings. The van der Waals surface area contributed by atoms with Crippen LogP contribution in [0.15, 0.2) is 12.1 Å². The van der Waals surface area contributed by atoms with E-state index >= 15 is 0 Å². The number of carbonyl (C=O) groups is 1. The number of hydrogen-bond acceptors (Lipinski definition) is 7. The summed E-state index contributed by atoms with van der Waals surface area (Å²) < 4.78 is 12.5. The quantitative estimate of drug-likeness (QED) is 0.517. The van der Waals surface area contributed by atoms with Crippen LogP contribution in [0.1, 0.15) is 38.1 Å². The Morgan fingerprint density at radius 3 is 2.67 bits per heavy atom. The summed E-state index contributed by atoms with van der Waals surface area (Å²) in [5, 5.41) is 14.6. The Bertz CT molecular complexity index is 1030. The molecule has 0 radical (unpaired) electrons. The summed E-state index contributed by atoms with van der Waals surface area (Å²) in [6.45, 7) is 9.63. The first kappa shape index (κ1) is 21.6. The second-order valence-corrected chi connectivity index (χ2v) is 7.73. The van der Waals surface area contributed by atoms with Crippen molar-refractivity contribution in [3.8, 4) is 5.75 Å². The molecule has 0 spiro atoms. The molecule has 0 bridgehead atoms. The molecule has 30 heavy (non-hydrogen) atoms. The maximum Gasteiger partial charge on any atom is 0.407 e. The Balaban J connectivity index is 1.63. The van der Waals surface area contributed by atoms with E-state index in [1.807, 2.05) is 44.2 Å². The van der Waals surface area contributed by atoms with E-state index in [2.05, 4.69) is 20.8 Å². The van der Waals surface area contributed by atoms with E-state index in [9.17, 15) is 4.79 Å². The van der Waals surface area contributed by atoms with Crippen molar-refractivity contribution >= 4 is 28.6 Å². The fourth-order valence-corrected chi connectivity index (χ4v) is 3.18. The number of carbonyl (C=O) groups excluding carboxylic acids is 1. The zero-order valence-electron chi connectivity index (χ0n) is 18.3. The molecule has 1 amide bonds. The monoisotopic (exact) mass is 414 g/mol. The lowest BCUT2D eigenvalue weighted by molar-refractivity contribution is 0.133. The number of amides is 1. The minimum absolute atomic E-state index is 0.330. The Morgan fingerprint density at radius 1 is 1.17 bits per heavy atom. The molecule has 162 valence electrons. The first-order chi connectivity index (χ1) is 14.4. The third kappa shape index (κ3) is 4.90. The minimum atomic E-state index is -0.363. The Kier molecular flexibility index (Phi) is 6.91. The zero-order chi connectivity index (χ0) is 21.7. The number of alkyl carbamates (subject to hydrolysis) is 1. The lowest BCUT2D eigenvalue weighted by Gasteiger charge is -2.12. The molecule has 9 heteroatoms. The normalized spacial score (nSPS) is 11.3. The van der Waals surface area contributed by atoms with Gasteiger partial charge in [-0.15, -0.1) is 10.2 Å². The highest BCUT2D eigenvalue weighted by Gasteiger charge is 2.14. The molecule has 0 fully saturated rings. The number of unbranched alkanes of at least 4 members (excludes halogenated alkanes) is 1. The molecule has 9 nitrogen and oxygen atoms in total. The summed E-state index contributed by atoms with van der Waals surface area (Å²) in [4.78, 5) is 16.3. The van der Waals surface area contributed by atoms with E-state index in [-0.39, 0.29) is 6.09 Å². The van der Waals surface area contributed by atoms with Crippen LogP contribution in [0.25, 0.3) is 16.7 Å². The number of nitrogens with one attached hydrogen (secondary N) is 2. The van der Waals surface area contributed by atoms with E-state index in [1.165, 1.54) is 0 Å². The van der Waals surface area contributed by atoms with Gasteiger partial charge >= 0.3 is 6.09 Å². The van der Waals surface area contributed by atoms with Crippen LogP contribution in [0.3, 0.4) is 0 Å². The topological polar surface area (TPSA) is 103 Å². The van der Waals surface area contributed by atoms with E-state index in [0.29, 0.717) is 37.1 Å². The second kappa shape index (κ2) is 9.60. The van der Waals surface area contributed by atoms with Crippen LogP contribution in [0.5, 0.6) is 5.75 Å². The van der Waals surface area contributed by atoms with Crippen molar-refractivity contribution in [3.63, 3.8) is 0 Å². The molecule has 0 saturated carbocycles. The average Bonchev–Trinajstić information content (AvgIpc) is 3.11. The van der Waals surface area contributed by atoms with Crippen molar-refractivity contribution in [1.82, 2.24) is 24.9 Å². The Labute approximate surface area is 176 Å². The number of nitrogens with zero attached hydrogens (tertiary/aromatic N) is 4. The number of fused-ring (bicyclic) bond motifs is 3. The summed E-state index contributed by atoms with van der Waals surface area (Å²) in [5.74, 6) is 2.60. The molecule has 0 atom stereocenters. The highest BCUT2D eigenvalue weighted by atomic mass is 16.5. The lowest BCUT2D eigenvalue weighted by atomic mass is 10.2. The van der Waals surface area contributed by atoms with Gasteiger partial charge in [0.25, 0.3) is 0 Å². The molecule has 2 heterocycles. The molecular formula is C21H30N6O3. The SMILES string of the molecule is COc1cc2nc(NCCCCNC(=O)OCC(C)C)c3nnc(C)n3c2cc1C. The molecule has 2 N–H and O–H groups in total. The zero-order valence-corrected chi connectivity index (χ0v) is 18.3. The smallest absolute Gasteiger partial charge is 0.407 e. The number of methoxy groups -OCH3 is 1. The first-order valence-corrected chi connectivity index (χ1v) is 10.2. The third-order valence-electron chi connectivity index (χ3n) is 4.71. The molecule has 1 aromatic carbocycles. The number of rotatable bonds is 9. The maximum absolute atomic E-state index is 11.6. The van der Waals surface area contributed by atoms with Gasteiger partial charge < -0.3 is 20.1 Å². The van der Waals surface area contributed by atoms with Crippen molar-refractivity contribution in [2.24, 2.45) is 5.92 Å². The van der Waals surface area contributed by atoms with Gasteiger partial charge in [0, 0.05) is 19.2 Å². The molecule has 3 aromatic rings. The van der Waals surface area contributed by atoms with Gasteiger partial charge in [-0.1, -0.05) is 13.8 Å². The summed E-state index contributed by atoms with van der Waals surface area (Å²) in [6, 6.07) is 3.97. The van der Waals surface area contributed by atoms with Crippen LogP contribution in [0.2, 0.25) is 0 Å². The minimum Gasteiger partial charge on any atom is -0.496 e. The van der Waals surface area contributed by atoms with Gasteiger partial charge in [-0.3, -0.25) is 4.40 Å². The fraction of sp³-hybridized carbons (Fsp3) is 0.524. The highest BCUT2D eigenvalue weighted by Crippen LogP contribution is 2.27. The van der Waals surface area contributed by atoms with Gasteiger partial charge in [-0.25, -0.2) is 9.78 Å². The summed E-state index contributed by atoms with van der Waals surface area (Å²) in [5.41, 5.74) is 3.48. The number of hydrogen-bond donors (Lipinski definition) is 2. The number of ether oxygens (including phenoxy) is 2. The largest absolute Gasteiger partial charge is 0.496 e. The van der Waals surface area contributed by atoms with Crippen LogP contribution in [-0.2, 0) is 4.74 Å². The first-order valence-electron chi connectivity index (χ1n) is 10.2. The van der Waals surface area contributed by atoms with E-state index in [1.54, 1.807) is 7.11 Å². The molecule has 0 saturated heterocycles. The second-order valence-electron chi connectivity index (χ2n) is 7.73. The number of anilines is 1. The standard InChI is InChI=1S/C21H30N6O3/c1-13(2)12-30-21(28)23-9-7-6-8-22-19-20-26-25-15(4)27(20)17-10-14(3)18(29-5)11-16(17)24-19/h10-11,13H,6-9,12H2,1-5H3,(H,22,24)(H,23,28). The van der Waals surface area contributed by atoms with E-state index in [0.717, 1.165) is 41.0 Å². The van der Waals surface area contributed by atoms with Gasteiger partial charge in [0.1, 0.15) is 11.6 Å². The maximum atomic E-state index is 11.6. The van der Waals surface area contributed by atoms with E-state index in [4.69, 9.17) is 14.5 Å². The van der Waals surface area contributed by atoms with Crippen molar-refractivity contribution in [3.05, 3.63) is 23.5 Å². The van der Waals surface area contributed by atoms with Gasteiger partial charge in [0.15, 0.2) is 5.82 Å². The van der Waals surface area contributed by atoms with Gasteiger partial charge in [0.05, 0.1) is 24.8 Å². The van der Waals surface area contributed by atoms with Gasteiger partial charge in [-0.2, -0.15) is 0 Å². The van der Waals surface area contributed by atoms with Crippen molar-refractivity contribution in [2.75, 3.05) is 32.1 Å². The van der Waals surface area contributed by atoms with Gasteiger partial charge in [-0.05, 0) is 44.2 Å². The number of aromatic nitrogens is 4. The number of aryl methyl sites for hydroxylation is 2. The molecule has 0 unspecified atom stereocenters. The van der Waals surface area contributed by atoms with Crippen LogP contribution in [0.4, 0.5) is 10.6 Å². The molecule has 2 aromatic heterocycles. The molecular weight excluding hydrogens is 384 g/mol. The molecule has 3 rings (SSSR count). The highest BCUT2D eigenvalue weighted by molar-refractivity contribution is 5.85. The predicted octanol–water partition coefficient (Wildman–Crippen LogP) is 3.48. The van der Waals surface area contributed by atoms with Crippen LogP contribution < -0.4 is 15.4 Å². The lowest BCUT2D eigenvalue weighted by Crippen LogP contribution is -2.26. The van der Waals surface area contributed by atoms with Crippen LogP contribution >= 0.6 is 0 Å². The van der Waals surface area contributed by atoms with Crippen LogP contribution in [0, 0.1) is 19.8 Å². The van der Waals surface area contributed by atoms with Crippen molar-refractivity contribution in [2.45, 2.75) is 40.5 Å². The summed E-state index contributed by atoms with van der Waals surface area (Å²) in [6.07, 6.45) is 1.32. The van der Waals surface area contributed by atoms with E-state index < -0.39 is 0 Å². The Morgan fingerprint density at radius 2 is 1.93 bits per heavy atom. The summed E-state index contributed by atoms with van der Waals surface area (Å²) >= 11 is 0.